The Labute approximate surface area is 125 Å². The zero-order valence-electron chi connectivity index (χ0n) is 12.4. The van der Waals surface area contributed by atoms with Gasteiger partial charge in [-0.15, -0.1) is 0 Å². The first-order valence-electron chi connectivity index (χ1n) is 6.75. The van der Waals surface area contributed by atoms with E-state index in [0.717, 1.165) is 0 Å². The standard InChI is InChI=1S/C12H21N5O3S/c1-9(18)12-14-5-4-10(15-12)11-8-13-6-7-17(11)21(19,20)16(2)3/h4-5,9,11,13,18H,6-8H2,1-3H3/t9-,11?/m1/s1. The molecule has 21 heavy (non-hydrogen) atoms. The molecule has 1 aromatic heterocycles. The lowest BCUT2D eigenvalue weighted by molar-refractivity contribution is 0.187. The van der Waals surface area contributed by atoms with Crippen LogP contribution in [0.4, 0.5) is 0 Å². The summed E-state index contributed by atoms with van der Waals surface area (Å²) in [7, 11) is -0.508. The fourth-order valence-corrected chi connectivity index (χ4v) is 3.44. The van der Waals surface area contributed by atoms with Gasteiger partial charge in [0.15, 0.2) is 5.82 Å². The number of piperazine rings is 1. The Kier molecular flexibility index (Phi) is 4.89. The lowest BCUT2D eigenvalue weighted by Crippen LogP contribution is -2.52. The maximum Gasteiger partial charge on any atom is 0.282 e. The third kappa shape index (κ3) is 3.38. The number of aromatic nitrogens is 2. The van der Waals surface area contributed by atoms with Crippen molar-refractivity contribution < 1.29 is 13.5 Å². The molecule has 1 aliphatic heterocycles. The highest BCUT2D eigenvalue weighted by Gasteiger charge is 2.35. The molecule has 2 rings (SSSR count). The monoisotopic (exact) mass is 315 g/mol. The Morgan fingerprint density at radius 3 is 2.86 bits per heavy atom. The van der Waals surface area contributed by atoms with Gasteiger partial charge in [0, 0.05) is 39.9 Å². The van der Waals surface area contributed by atoms with Crippen molar-refractivity contribution in [3.63, 3.8) is 0 Å². The quantitative estimate of drug-likeness (QED) is 0.761. The average molecular weight is 315 g/mol. The van der Waals surface area contributed by atoms with Crippen LogP contribution >= 0.6 is 0 Å². The third-order valence-electron chi connectivity index (χ3n) is 3.36. The lowest BCUT2D eigenvalue weighted by Gasteiger charge is -2.36. The van der Waals surface area contributed by atoms with Gasteiger partial charge in [-0.1, -0.05) is 0 Å². The van der Waals surface area contributed by atoms with Gasteiger partial charge in [0.2, 0.25) is 0 Å². The van der Waals surface area contributed by atoms with E-state index in [1.807, 2.05) is 0 Å². The first kappa shape index (κ1) is 16.2. The van der Waals surface area contributed by atoms with Gasteiger partial charge < -0.3 is 10.4 Å². The number of aliphatic hydroxyl groups is 1. The summed E-state index contributed by atoms with van der Waals surface area (Å²) in [4.78, 5) is 8.29. The zero-order chi connectivity index (χ0) is 15.6. The van der Waals surface area contributed by atoms with Crippen LogP contribution in [0.15, 0.2) is 12.3 Å². The van der Waals surface area contributed by atoms with Crippen LogP contribution in [-0.2, 0) is 10.2 Å². The van der Waals surface area contributed by atoms with Crippen molar-refractivity contribution in [3.8, 4) is 0 Å². The van der Waals surface area contributed by atoms with E-state index in [2.05, 4.69) is 15.3 Å². The van der Waals surface area contributed by atoms with Crippen molar-refractivity contribution in [2.75, 3.05) is 33.7 Å². The second kappa shape index (κ2) is 6.32. The smallest absolute Gasteiger partial charge is 0.282 e. The molecule has 1 fully saturated rings. The Hall–Kier alpha value is -1.13. The van der Waals surface area contributed by atoms with Crippen LogP contribution in [-0.4, -0.2) is 65.8 Å². The van der Waals surface area contributed by atoms with Gasteiger partial charge in [-0.05, 0) is 13.0 Å². The van der Waals surface area contributed by atoms with Crippen molar-refractivity contribution >= 4 is 10.2 Å². The fourth-order valence-electron chi connectivity index (χ4n) is 2.20. The Morgan fingerprint density at radius 1 is 1.52 bits per heavy atom. The summed E-state index contributed by atoms with van der Waals surface area (Å²) in [6.07, 6.45) is 0.750. The maximum atomic E-state index is 12.4. The molecular formula is C12H21N5O3S. The molecule has 9 heteroatoms. The molecule has 0 aromatic carbocycles. The average Bonchev–Trinajstić information content (AvgIpc) is 2.47. The molecule has 8 nitrogen and oxygen atoms in total. The molecular weight excluding hydrogens is 294 g/mol. The fraction of sp³-hybridized carbons (Fsp3) is 0.667. The highest BCUT2D eigenvalue weighted by atomic mass is 32.2. The minimum Gasteiger partial charge on any atom is -0.385 e. The van der Waals surface area contributed by atoms with E-state index in [1.165, 1.54) is 22.7 Å². The van der Waals surface area contributed by atoms with Crippen LogP contribution in [0, 0.1) is 0 Å². The molecule has 0 amide bonds. The van der Waals surface area contributed by atoms with Gasteiger partial charge in [-0.3, -0.25) is 0 Å². The summed E-state index contributed by atoms with van der Waals surface area (Å²) in [5.74, 6) is 0.292. The largest absolute Gasteiger partial charge is 0.385 e. The van der Waals surface area contributed by atoms with Gasteiger partial charge in [-0.25, -0.2) is 9.97 Å². The van der Waals surface area contributed by atoms with E-state index < -0.39 is 22.4 Å². The highest BCUT2D eigenvalue weighted by molar-refractivity contribution is 7.86. The molecule has 2 heterocycles. The maximum absolute atomic E-state index is 12.4. The van der Waals surface area contributed by atoms with Crippen LogP contribution in [0.1, 0.15) is 30.6 Å². The van der Waals surface area contributed by atoms with E-state index >= 15 is 0 Å². The molecule has 2 atom stereocenters. The number of rotatable bonds is 4. The summed E-state index contributed by atoms with van der Waals surface area (Å²) in [6.45, 7) is 3.02. The molecule has 1 aliphatic rings. The van der Waals surface area contributed by atoms with Crippen LogP contribution in [0.5, 0.6) is 0 Å². The second-order valence-corrected chi connectivity index (χ2v) is 7.23. The predicted octanol–water partition coefficient (Wildman–Crippen LogP) is -0.717. The molecule has 0 aliphatic carbocycles. The Morgan fingerprint density at radius 2 is 2.24 bits per heavy atom. The van der Waals surface area contributed by atoms with Gasteiger partial charge in [0.1, 0.15) is 6.10 Å². The van der Waals surface area contributed by atoms with Crippen molar-refractivity contribution in [2.24, 2.45) is 0 Å². The van der Waals surface area contributed by atoms with E-state index in [0.29, 0.717) is 31.2 Å². The summed E-state index contributed by atoms with van der Waals surface area (Å²) in [6, 6.07) is 1.27. The molecule has 0 spiro atoms. The normalized spacial score (nSPS) is 22.4. The van der Waals surface area contributed by atoms with E-state index in [9.17, 15) is 13.5 Å². The highest BCUT2D eigenvalue weighted by Crippen LogP contribution is 2.25. The predicted molar refractivity (Wildman–Crippen MR) is 77.6 cm³/mol. The number of nitrogens with one attached hydrogen (secondary N) is 1. The number of aliphatic hydroxyl groups excluding tert-OH is 1. The molecule has 1 unspecified atom stereocenters. The summed E-state index contributed by atoms with van der Waals surface area (Å²) >= 11 is 0. The van der Waals surface area contributed by atoms with Gasteiger partial charge >= 0.3 is 0 Å². The molecule has 1 aromatic rings. The number of hydrogen-bond donors (Lipinski definition) is 2. The minimum absolute atomic E-state index is 0.292. The molecule has 0 radical (unpaired) electrons. The SMILES string of the molecule is C[C@@H](O)c1nccc(C2CNCCN2S(=O)(=O)N(C)C)n1. The molecule has 0 saturated carbocycles. The Balaban J connectivity index is 2.37. The van der Waals surface area contributed by atoms with E-state index in [-0.39, 0.29) is 0 Å². The van der Waals surface area contributed by atoms with Crippen molar-refractivity contribution in [2.45, 2.75) is 19.1 Å². The van der Waals surface area contributed by atoms with Crippen molar-refractivity contribution in [3.05, 3.63) is 23.8 Å². The van der Waals surface area contributed by atoms with E-state index in [4.69, 9.17) is 0 Å². The minimum atomic E-state index is -3.53. The number of nitrogens with zero attached hydrogens (tertiary/aromatic N) is 4. The van der Waals surface area contributed by atoms with Crippen LogP contribution in [0.2, 0.25) is 0 Å². The molecule has 1 saturated heterocycles. The second-order valence-electron chi connectivity index (χ2n) is 5.14. The third-order valence-corrected chi connectivity index (χ3v) is 5.32. The summed E-state index contributed by atoms with van der Waals surface area (Å²) in [5, 5.41) is 12.8. The van der Waals surface area contributed by atoms with Gasteiger partial charge in [-0.2, -0.15) is 17.0 Å². The zero-order valence-corrected chi connectivity index (χ0v) is 13.2. The lowest BCUT2D eigenvalue weighted by atomic mass is 10.1. The van der Waals surface area contributed by atoms with Gasteiger partial charge in [0.05, 0.1) is 11.7 Å². The van der Waals surface area contributed by atoms with Crippen LogP contribution in [0.3, 0.4) is 0 Å². The van der Waals surface area contributed by atoms with Crippen molar-refractivity contribution in [1.29, 1.82) is 0 Å². The van der Waals surface area contributed by atoms with Crippen molar-refractivity contribution in [1.82, 2.24) is 23.9 Å². The topological polar surface area (TPSA) is 98.7 Å². The summed E-state index contributed by atoms with van der Waals surface area (Å²) in [5.41, 5.74) is 0.582. The Bertz CT molecular complexity index is 590. The molecule has 118 valence electrons. The molecule has 2 N–H and O–H groups in total. The van der Waals surface area contributed by atoms with Crippen LogP contribution < -0.4 is 5.32 Å². The van der Waals surface area contributed by atoms with Crippen LogP contribution in [0.25, 0.3) is 0 Å². The van der Waals surface area contributed by atoms with Gasteiger partial charge in [0.25, 0.3) is 10.2 Å². The number of hydrogen-bond acceptors (Lipinski definition) is 6. The van der Waals surface area contributed by atoms with E-state index in [1.54, 1.807) is 19.2 Å². The molecule has 0 bridgehead atoms. The first-order chi connectivity index (χ1) is 9.84. The summed E-state index contributed by atoms with van der Waals surface area (Å²) < 4.78 is 27.5. The first-order valence-corrected chi connectivity index (χ1v) is 8.14.